The fourth-order valence-electron chi connectivity index (χ4n) is 2.92. The van der Waals surface area contributed by atoms with E-state index in [1.54, 1.807) is 11.3 Å². The molecule has 1 aliphatic rings. The summed E-state index contributed by atoms with van der Waals surface area (Å²) < 4.78 is 0. The third-order valence-electron chi connectivity index (χ3n) is 4.33. The molecule has 0 aliphatic heterocycles. The molecule has 0 spiro atoms. The number of hydrogen-bond acceptors (Lipinski definition) is 4. The molecule has 1 fully saturated rings. The Kier molecular flexibility index (Phi) is 4.76. The summed E-state index contributed by atoms with van der Waals surface area (Å²) in [6, 6.07) is 0. The van der Waals surface area contributed by atoms with E-state index in [4.69, 9.17) is 5.73 Å². The van der Waals surface area contributed by atoms with E-state index in [1.807, 2.05) is 0 Å². The quantitative estimate of drug-likeness (QED) is 0.882. The molecule has 0 aromatic carbocycles. The van der Waals surface area contributed by atoms with Crippen molar-refractivity contribution >= 4 is 11.3 Å². The number of nitrogens with zero attached hydrogens (tertiary/aromatic N) is 1. The number of rotatable bonds is 4. The Morgan fingerprint density at radius 1 is 1.33 bits per heavy atom. The van der Waals surface area contributed by atoms with Crippen LogP contribution in [0.2, 0.25) is 0 Å². The van der Waals surface area contributed by atoms with Crippen molar-refractivity contribution in [2.45, 2.75) is 45.4 Å². The van der Waals surface area contributed by atoms with Crippen LogP contribution in [-0.4, -0.2) is 23.2 Å². The van der Waals surface area contributed by atoms with Crippen molar-refractivity contribution in [3.05, 3.63) is 15.6 Å². The lowest BCUT2D eigenvalue weighted by molar-refractivity contribution is 0.158. The Hall–Kier alpha value is -0.450. The van der Waals surface area contributed by atoms with Crippen LogP contribution >= 0.6 is 11.3 Å². The molecule has 1 heterocycles. The summed E-state index contributed by atoms with van der Waals surface area (Å²) in [7, 11) is 0. The van der Waals surface area contributed by atoms with Crippen LogP contribution in [0.4, 0.5) is 0 Å². The van der Waals surface area contributed by atoms with E-state index in [0.717, 1.165) is 18.5 Å². The van der Waals surface area contributed by atoms with E-state index >= 15 is 0 Å². The van der Waals surface area contributed by atoms with Gasteiger partial charge in [-0.25, -0.2) is 4.98 Å². The van der Waals surface area contributed by atoms with Crippen LogP contribution in [0.3, 0.4) is 0 Å². The van der Waals surface area contributed by atoms with Crippen LogP contribution in [0.1, 0.15) is 47.2 Å². The Labute approximate surface area is 113 Å². The molecule has 3 N–H and O–H groups in total. The monoisotopic (exact) mass is 268 g/mol. The number of nitrogens with two attached hydrogens (primary N) is 1. The highest BCUT2D eigenvalue weighted by Gasteiger charge is 2.29. The molecule has 102 valence electrons. The average Bonchev–Trinajstić information content (AvgIpc) is 2.71. The lowest BCUT2D eigenvalue weighted by Crippen LogP contribution is -2.26. The summed E-state index contributed by atoms with van der Waals surface area (Å²) >= 11 is 1.81. The van der Waals surface area contributed by atoms with Gasteiger partial charge >= 0.3 is 0 Å². The topological polar surface area (TPSA) is 59.1 Å². The molecule has 1 aliphatic carbocycles. The van der Waals surface area contributed by atoms with Crippen LogP contribution in [0.15, 0.2) is 0 Å². The number of aryl methyl sites for hydroxylation is 2. The molecule has 4 heteroatoms. The van der Waals surface area contributed by atoms with E-state index in [0.29, 0.717) is 30.9 Å². The van der Waals surface area contributed by atoms with E-state index in [1.165, 1.54) is 22.7 Å². The van der Waals surface area contributed by atoms with Gasteiger partial charge in [0.05, 0.1) is 10.7 Å². The maximum absolute atomic E-state index is 9.19. The Morgan fingerprint density at radius 3 is 2.44 bits per heavy atom. The number of aliphatic hydroxyl groups is 1. The van der Waals surface area contributed by atoms with Crippen molar-refractivity contribution in [3.8, 4) is 0 Å². The molecule has 1 unspecified atom stereocenters. The van der Waals surface area contributed by atoms with Gasteiger partial charge in [-0.3, -0.25) is 0 Å². The van der Waals surface area contributed by atoms with Crippen molar-refractivity contribution in [1.82, 2.24) is 4.98 Å². The van der Waals surface area contributed by atoms with Gasteiger partial charge in [-0.1, -0.05) is 0 Å². The Morgan fingerprint density at radius 2 is 2.00 bits per heavy atom. The first kappa shape index (κ1) is 14.0. The maximum Gasteiger partial charge on any atom is 0.0977 e. The molecule has 1 saturated carbocycles. The predicted molar refractivity (Wildman–Crippen MR) is 75.9 cm³/mol. The van der Waals surface area contributed by atoms with Gasteiger partial charge in [0.25, 0.3) is 0 Å². The third-order valence-corrected chi connectivity index (χ3v) is 5.54. The number of thiazole rings is 1. The van der Waals surface area contributed by atoms with Crippen molar-refractivity contribution < 1.29 is 5.11 Å². The van der Waals surface area contributed by atoms with Crippen LogP contribution in [0, 0.1) is 25.7 Å². The Bertz CT molecular complexity index is 364. The Balaban J connectivity index is 2.05. The largest absolute Gasteiger partial charge is 0.396 e. The molecular formula is C14H24N2OS. The van der Waals surface area contributed by atoms with E-state index in [2.05, 4.69) is 18.8 Å². The highest BCUT2D eigenvalue weighted by molar-refractivity contribution is 7.11. The SMILES string of the molecule is Cc1nc(C(CN)C2CCC(CO)CC2)sc1C. The van der Waals surface area contributed by atoms with Crippen molar-refractivity contribution in [1.29, 1.82) is 0 Å². The standard InChI is InChI=1S/C14H24N2OS/c1-9-10(2)18-14(16-9)13(7-15)12-5-3-11(8-17)4-6-12/h11-13,17H,3-8,15H2,1-2H3. The fraction of sp³-hybridized carbons (Fsp3) is 0.786. The van der Waals surface area contributed by atoms with E-state index < -0.39 is 0 Å². The van der Waals surface area contributed by atoms with Gasteiger partial charge in [0.15, 0.2) is 0 Å². The first-order chi connectivity index (χ1) is 8.65. The highest BCUT2D eigenvalue weighted by Crippen LogP contribution is 2.39. The van der Waals surface area contributed by atoms with Crippen molar-refractivity contribution in [2.24, 2.45) is 17.6 Å². The summed E-state index contributed by atoms with van der Waals surface area (Å²) in [5.74, 6) is 1.59. The molecule has 1 aromatic heterocycles. The van der Waals surface area contributed by atoms with Gasteiger partial charge in [-0.2, -0.15) is 0 Å². The fourth-order valence-corrected chi connectivity index (χ4v) is 4.05. The van der Waals surface area contributed by atoms with Crippen molar-refractivity contribution in [3.63, 3.8) is 0 Å². The molecule has 1 aromatic rings. The van der Waals surface area contributed by atoms with Crippen LogP contribution in [-0.2, 0) is 0 Å². The van der Waals surface area contributed by atoms with Gasteiger partial charge < -0.3 is 10.8 Å². The summed E-state index contributed by atoms with van der Waals surface area (Å²) in [6.07, 6.45) is 4.65. The smallest absolute Gasteiger partial charge is 0.0977 e. The minimum absolute atomic E-state index is 0.343. The maximum atomic E-state index is 9.19. The van der Waals surface area contributed by atoms with Gasteiger partial charge in [0.1, 0.15) is 0 Å². The number of aliphatic hydroxyl groups excluding tert-OH is 1. The van der Waals surface area contributed by atoms with E-state index in [9.17, 15) is 5.11 Å². The lowest BCUT2D eigenvalue weighted by atomic mass is 9.76. The highest BCUT2D eigenvalue weighted by atomic mass is 32.1. The minimum Gasteiger partial charge on any atom is -0.396 e. The molecule has 0 bridgehead atoms. The average molecular weight is 268 g/mol. The molecule has 0 radical (unpaired) electrons. The number of aromatic nitrogens is 1. The molecule has 0 saturated heterocycles. The zero-order chi connectivity index (χ0) is 13.1. The summed E-state index contributed by atoms with van der Waals surface area (Å²) in [5, 5.41) is 10.4. The first-order valence-corrected chi connectivity index (χ1v) is 7.72. The van der Waals surface area contributed by atoms with Gasteiger partial charge in [-0.15, -0.1) is 11.3 Å². The van der Waals surface area contributed by atoms with Crippen LogP contribution in [0.5, 0.6) is 0 Å². The third kappa shape index (κ3) is 2.92. The second-order valence-electron chi connectivity index (χ2n) is 5.50. The molecule has 1 atom stereocenters. The zero-order valence-corrected chi connectivity index (χ0v) is 12.2. The molecule has 18 heavy (non-hydrogen) atoms. The molecule has 2 rings (SSSR count). The van der Waals surface area contributed by atoms with Crippen LogP contribution in [0.25, 0.3) is 0 Å². The molecule has 3 nitrogen and oxygen atoms in total. The second-order valence-corrected chi connectivity index (χ2v) is 6.73. The minimum atomic E-state index is 0.343. The van der Waals surface area contributed by atoms with Crippen molar-refractivity contribution in [2.75, 3.05) is 13.2 Å². The van der Waals surface area contributed by atoms with Gasteiger partial charge in [-0.05, 0) is 51.4 Å². The predicted octanol–water partition coefficient (Wildman–Crippen LogP) is 2.60. The normalized spacial score (nSPS) is 26.2. The zero-order valence-electron chi connectivity index (χ0n) is 11.4. The first-order valence-electron chi connectivity index (χ1n) is 6.90. The summed E-state index contributed by atoms with van der Waals surface area (Å²) in [4.78, 5) is 6.00. The van der Waals surface area contributed by atoms with Gasteiger partial charge in [0.2, 0.25) is 0 Å². The van der Waals surface area contributed by atoms with Crippen LogP contribution < -0.4 is 5.73 Å². The molecular weight excluding hydrogens is 244 g/mol. The summed E-state index contributed by atoms with van der Waals surface area (Å²) in [5.41, 5.74) is 7.13. The number of hydrogen-bond donors (Lipinski definition) is 2. The summed E-state index contributed by atoms with van der Waals surface area (Å²) in [6.45, 7) is 5.24. The lowest BCUT2D eigenvalue weighted by Gasteiger charge is -2.31. The van der Waals surface area contributed by atoms with Gasteiger partial charge in [0, 0.05) is 23.9 Å². The van der Waals surface area contributed by atoms with E-state index in [-0.39, 0.29) is 0 Å². The second kappa shape index (κ2) is 6.13. The molecule has 0 amide bonds.